The third-order valence-electron chi connectivity index (χ3n) is 4.72. The van der Waals surface area contributed by atoms with Gasteiger partial charge in [-0.2, -0.15) is 4.52 Å². The average Bonchev–Trinajstić information content (AvgIpc) is 3.00. The standard InChI is InChI=1S/C19H21FN6O/c1-2-10-24-11-5-12-25(13-18(24)27)17-9-8-16-21-22-19(26(16)23-17)14-6-3-4-7-15(14)20/h3-4,6-9H,2,5,10-13H2,1H3. The molecular weight excluding hydrogens is 347 g/mol. The van der Waals surface area contributed by atoms with Crippen LogP contribution in [0.1, 0.15) is 19.8 Å². The summed E-state index contributed by atoms with van der Waals surface area (Å²) >= 11 is 0. The summed E-state index contributed by atoms with van der Waals surface area (Å²) in [4.78, 5) is 16.4. The van der Waals surface area contributed by atoms with E-state index in [0.29, 0.717) is 22.9 Å². The quantitative estimate of drug-likeness (QED) is 0.707. The second kappa shape index (κ2) is 7.30. The summed E-state index contributed by atoms with van der Waals surface area (Å²) in [5.74, 6) is 0.735. The van der Waals surface area contributed by atoms with Gasteiger partial charge in [-0.3, -0.25) is 4.79 Å². The van der Waals surface area contributed by atoms with Crippen molar-refractivity contribution in [3.8, 4) is 11.4 Å². The highest BCUT2D eigenvalue weighted by molar-refractivity contribution is 5.81. The first-order valence-electron chi connectivity index (χ1n) is 9.17. The Morgan fingerprint density at radius 2 is 1.96 bits per heavy atom. The second-order valence-corrected chi connectivity index (χ2v) is 6.62. The van der Waals surface area contributed by atoms with Crippen LogP contribution in [0.4, 0.5) is 10.2 Å². The Morgan fingerprint density at radius 1 is 1.11 bits per heavy atom. The van der Waals surface area contributed by atoms with E-state index in [-0.39, 0.29) is 18.3 Å². The summed E-state index contributed by atoms with van der Waals surface area (Å²) in [6.45, 7) is 4.64. The number of nitrogens with zero attached hydrogens (tertiary/aromatic N) is 6. The topological polar surface area (TPSA) is 66.6 Å². The van der Waals surface area contributed by atoms with Crippen molar-refractivity contribution in [2.75, 3.05) is 31.1 Å². The van der Waals surface area contributed by atoms with Gasteiger partial charge in [-0.1, -0.05) is 19.1 Å². The normalized spacial score (nSPS) is 15.4. The molecule has 1 aromatic carbocycles. The van der Waals surface area contributed by atoms with E-state index in [9.17, 15) is 9.18 Å². The Bertz CT molecular complexity index is 972. The molecule has 0 radical (unpaired) electrons. The van der Waals surface area contributed by atoms with Gasteiger partial charge in [0.15, 0.2) is 11.5 Å². The van der Waals surface area contributed by atoms with E-state index in [1.807, 2.05) is 15.9 Å². The van der Waals surface area contributed by atoms with Gasteiger partial charge in [0, 0.05) is 19.6 Å². The van der Waals surface area contributed by atoms with Gasteiger partial charge in [-0.15, -0.1) is 15.3 Å². The number of hydrogen-bond donors (Lipinski definition) is 0. The fourth-order valence-electron chi connectivity index (χ4n) is 3.38. The summed E-state index contributed by atoms with van der Waals surface area (Å²) in [5, 5.41) is 12.8. The smallest absolute Gasteiger partial charge is 0.242 e. The molecule has 2 aromatic heterocycles. The van der Waals surface area contributed by atoms with Crippen LogP contribution in [-0.2, 0) is 4.79 Å². The van der Waals surface area contributed by atoms with E-state index in [1.165, 1.54) is 10.6 Å². The molecule has 0 saturated carbocycles. The highest BCUT2D eigenvalue weighted by Crippen LogP contribution is 2.22. The number of rotatable bonds is 4. The van der Waals surface area contributed by atoms with Crippen LogP contribution in [0.2, 0.25) is 0 Å². The van der Waals surface area contributed by atoms with Crippen molar-refractivity contribution in [2.45, 2.75) is 19.8 Å². The minimum Gasteiger partial charge on any atom is -0.346 e. The number of halogens is 1. The number of amides is 1. The molecule has 3 aromatic rings. The molecule has 0 spiro atoms. The minimum absolute atomic E-state index is 0.106. The summed E-state index contributed by atoms with van der Waals surface area (Å²) in [5.41, 5.74) is 0.876. The van der Waals surface area contributed by atoms with Crippen molar-refractivity contribution in [2.24, 2.45) is 0 Å². The number of hydrogen-bond acceptors (Lipinski definition) is 5. The molecule has 0 N–H and O–H groups in total. The van der Waals surface area contributed by atoms with Crippen LogP contribution in [0.15, 0.2) is 36.4 Å². The number of anilines is 1. The van der Waals surface area contributed by atoms with Gasteiger partial charge in [0.1, 0.15) is 11.6 Å². The molecule has 140 valence electrons. The maximum Gasteiger partial charge on any atom is 0.242 e. The lowest BCUT2D eigenvalue weighted by molar-refractivity contribution is -0.129. The van der Waals surface area contributed by atoms with Crippen molar-refractivity contribution < 1.29 is 9.18 Å². The number of carbonyl (C=O) groups is 1. The zero-order valence-corrected chi connectivity index (χ0v) is 15.2. The van der Waals surface area contributed by atoms with Crippen LogP contribution in [0.25, 0.3) is 17.0 Å². The van der Waals surface area contributed by atoms with Crippen LogP contribution in [-0.4, -0.2) is 56.8 Å². The molecular formula is C19H21FN6O. The summed E-state index contributed by atoms with van der Waals surface area (Å²) in [7, 11) is 0. The second-order valence-electron chi connectivity index (χ2n) is 6.62. The molecule has 1 saturated heterocycles. The van der Waals surface area contributed by atoms with Crippen LogP contribution >= 0.6 is 0 Å². The number of aromatic nitrogens is 4. The highest BCUT2D eigenvalue weighted by atomic mass is 19.1. The summed E-state index contributed by atoms with van der Waals surface area (Å²) in [6, 6.07) is 10.0. The lowest BCUT2D eigenvalue weighted by Crippen LogP contribution is -2.37. The summed E-state index contributed by atoms with van der Waals surface area (Å²) < 4.78 is 15.7. The zero-order chi connectivity index (χ0) is 18.8. The molecule has 1 aliphatic rings. The van der Waals surface area contributed by atoms with Gasteiger partial charge < -0.3 is 9.80 Å². The van der Waals surface area contributed by atoms with Crippen molar-refractivity contribution in [1.82, 2.24) is 24.7 Å². The van der Waals surface area contributed by atoms with Crippen molar-refractivity contribution >= 4 is 17.4 Å². The largest absolute Gasteiger partial charge is 0.346 e. The predicted molar refractivity (Wildman–Crippen MR) is 99.9 cm³/mol. The number of benzene rings is 1. The van der Waals surface area contributed by atoms with Crippen molar-refractivity contribution in [1.29, 1.82) is 0 Å². The van der Waals surface area contributed by atoms with E-state index in [4.69, 9.17) is 0 Å². The molecule has 0 bridgehead atoms. The van der Waals surface area contributed by atoms with Gasteiger partial charge >= 0.3 is 0 Å². The predicted octanol–water partition coefficient (Wildman–Crippen LogP) is 2.38. The monoisotopic (exact) mass is 368 g/mol. The Hall–Kier alpha value is -3.03. The number of fused-ring (bicyclic) bond motifs is 1. The molecule has 1 amide bonds. The first-order chi connectivity index (χ1) is 13.2. The molecule has 27 heavy (non-hydrogen) atoms. The average molecular weight is 368 g/mol. The zero-order valence-electron chi connectivity index (χ0n) is 15.2. The van der Waals surface area contributed by atoms with Crippen molar-refractivity contribution in [3.05, 3.63) is 42.2 Å². The molecule has 7 nitrogen and oxygen atoms in total. The van der Waals surface area contributed by atoms with E-state index in [2.05, 4.69) is 22.2 Å². The molecule has 1 fully saturated rings. The van der Waals surface area contributed by atoms with Crippen molar-refractivity contribution in [3.63, 3.8) is 0 Å². The Labute approximate surface area is 156 Å². The molecule has 3 heterocycles. The van der Waals surface area contributed by atoms with E-state index < -0.39 is 0 Å². The lowest BCUT2D eigenvalue weighted by Gasteiger charge is -2.22. The van der Waals surface area contributed by atoms with Crippen LogP contribution in [0.5, 0.6) is 0 Å². The maximum absolute atomic E-state index is 14.2. The Kier molecular flexibility index (Phi) is 4.70. The first-order valence-corrected chi connectivity index (χ1v) is 9.17. The third kappa shape index (κ3) is 3.34. The molecule has 0 atom stereocenters. The molecule has 0 unspecified atom stereocenters. The van der Waals surface area contributed by atoms with Gasteiger partial charge in [-0.25, -0.2) is 4.39 Å². The fourth-order valence-corrected chi connectivity index (χ4v) is 3.38. The molecule has 0 aliphatic carbocycles. The lowest BCUT2D eigenvalue weighted by atomic mass is 10.2. The maximum atomic E-state index is 14.2. The fraction of sp³-hybridized carbons (Fsp3) is 0.368. The third-order valence-corrected chi connectivity index (χ3v) is 4.72. The SMILES string of the molecule is CCCN1CCCN(c2ccc3nnc(-c4ccccc4F)n3n2)CC1=O. The highest BCUT2D eigenvalue weighted by Gasteiger charge is 2.23. The minimum atomic E-state index is -0.376. The van der Waals surface area contributed by atoms with Crippen LogP contribution in [0.3, 0.4) is 0 Å². The van der Waals surface area contributed by atoms with Crippen LogP contribution < -0.4 is 4.90 Å². The molecule has 4 rings (SSSR count). The Balaban J connectivity index is 1.68. The molecule has 8 heteroatoms. The number of carbonyl (C=O) groups excluding carboxylic acids is 1. The molecule has 1 aliphatic heterocycles. The van der Waals surface area contributed by atoms with Gasteiger partial charge in [0.25, 0.3) is 0 Å². The van der Waals surface area contributed by atoms with E-state index in [1.54, 1.807) is 24.3 Å². The summed E-state index contributed by atoms with van der Waals surface area (Å²) in [6.07, 6.45) is 1.83. The van der Waals surface area contributed by atoms with E-state index in [0.717, 1.165) is 32.5 Å². The van der Waals surface area contributed by atoms with Gasteiger partial charge in [0.05, 0.1) is 12.1 Å². The first kappa shape index (κ1) is 17.4. The van der Waals surface area contributed by atoms with Gasteiger partial charge in [-0.05, 0) is 37.1 Å². The van der Waals surface area contributed by atoms with Crippen LogP contribution in [0, 0.1) is 5.82 Å². The Morgan fingerprint density at radius 3 is 2.78 bits per heavy atom. The van der Waals surface area contributed by atoms with Gasteiger partial charge in [0.2, 0.25) is 5.91 Å². The van der Waals surface area contributed by atoms with E-state index >= 15 is 0 Å².